The Labute approximate surface area is 69.9 Å². The molecule has 0 fully saturated rings. The summed E-state index contributed by atoms with van der Waals surface area (Å²) < 4.78 is 0. The van der Waals surface area contributed by atoms with Crippen LogP contribution in [0.5, 0.6) is 0 Å². The van der Waals surface area contributed by atoms with Crippen molar-refractivity contribution in [2.24, 2.45) is 0 Å². The molecular weight excluding hydrogens is 103 g/mol. The minimum absolute atomic E-state index is 0. The fourth-order valence-corrected chi connectivity index (χ4v) is 0.807. The van der Waals surface area contributed by atoms with Gasteiger partial charge in [-0.3, -0.25) is 0 Å². The molecule has 0 atom stereocenters. The number of aryl methyl sites for hydroxylation is 2. The zero-order chi connectivity index (χ0) is 5.98. The zero-order valence-corrected chi connectivity index (χ0v) is 6.31. The molecule has 0 bridgehead atoms. The molecule has 0 nitrogen and oxygen atoms in total. The molecule has 44 valence electrons. The summed E-state index contributed by atoms with van der Waals surface area (Å²) in [6.07, 6.45) is 0. The standard InChI is InChI=1S/C8H10.Li.H/c1-7-4-3-5-8(2)6-7;;/h3-6H,1-2H3;;/q;+1;-1. The van der Waals surface area contributed by atoms with E-state index in [0.717, 1.165) is 0 Å². The van der Waals surface area contributed by atoms with Crippen LogP contribution in [0.2, 0.25) is 0 Å². The zero-order valence-electron chi connectivity index (χ0n) is 7.31. The molecule has 1 rings (SSSR count). The van der Waals surface area contributed by atoms with Crippen molar-refractivity contribution >= 4 is 0 Å². The number of rotatable bonds is 0. The molecule has 0 spiro atoms. The smallest absolute Gasteiger partial charge is 1.00 e. The van der Waals surface area contributed by atoms with E-state index in [2.05, 4.69) is 38.1 Å². The molecule has 0 aliphatic heterocycles. The monoisotopic (exact) mass is 114 g/mol. The van der Waals surface area contributed by atoms with Gasteiger partial charge in [-0.25, -0.2) is 0 Å². The Balaban J connectivity index is 0. The molecule has 0 radical (unpaired) electrons. The van der Waals surface area contributed by atoms with Crippen molar-refractivity contribution in [1.82, 2.24) is 0 Å². The predicted octanol–water partition coefficient (Wildman–Crippen LogP) is -0.580. The second-order valence-electron chi connectivity index (χ2n) is 2.16. The average molecular weight is 114 g/mol. The third kappa shape index (κ3) is 2.74. The molecule has 0 aromatic heterocycles. The molecule has 0 unspecified atom stereocenters. The summed E-state index contributed by atoms with van der Waals surface area (Å²) >= 11 is 0. The molecule has 0 saturated heterocycles. The van der Waals surface area contributed by atoms with Crippen LogP contribution in [0.1, 0.15) is 12.6 Å². The van der Waals surface area contributed by atoms with E-state index in [-0.39, 0.29) is 20.3 Å². The summed E-state index contributed by atoms with van der Waals surface area (Å²) in [4.78, 5) is 0. The van der Waals surface area contributed by atoms with Gasteiger partial charge in [-0.05, 0) is 13.8 Å². The van der Waals surface area contributed by atoms with Crippen LogP contribution in [0.25, 0.3) is 0 Å². The SMILES string of the molecule is Cc1cccc(C)c1.[H-].[Li+]. The molecule has 1 heteroatoms. The van der Waals surface area contributed by atoms with Crippen molar-refractivity contribution in [3.05, 3.63) is 35.4 Å². The minimum atomic E-state index is 0. The van der Waals surface area contributed by atoms with Crippen molar-refractivity contribution in [2.75, 3.05) is 0 Å². The maximum atomic E-state index is 2.17. The van der Waals surface area contributed by atoms with Crippen LogP contribution in [0.15, 0.2) is 24.3 Å². The second kappa shape index (κ2) is 3.77. The summed E-state index contributed by atoms with van der Waals surface area (Å²) in [5, 5.41) is 0. The van der Waals surface area contributed by atoms with Gasteiger partial charge in [0.1, 0.15) is 0 Å². The fraction of sp³-hybridized carbons (Fsp3) is 0.250. The van der Waals surface area contributed by atoms with Crippen LogP contribution in [0.3, 0.4) is 0 Å². The van der Waals surface area contributed by atoms with Gasteiger partial charge in [0, 0.05) is 0 Å². The Kier molecular flexibility index (Phi) is 3.69. The van der Waals surface area contributed by atoms with Crippen LogP contribution in [0, 0.1) is 13.8 Å². The van der Waals surface area contributed by atoms with Crippen LogP contribution in [-0.4, -0.2) is 0 Å². The van der Waals surface area contributed by atoms with Gasteiger partial charge in [0.2, 0.25) is 0 Å². The van der Waals surface area contributed by atoms with Crippen molar-refractivity contribution in [3.8, 4) is 0 Å². The number of hydrogen-bond acceptors (Lipinski definition) is 0. The summed E-state index contributed by atoms with van der Waals surface area (Å²) in [6.45, 7) is 4.21. The van der Waals surface area contributed by atoms with Gasteiger partial charge < -0.3 is 1.43 Å². The van der Waals surface area contributed by atoms with E-state index in [1.54, 1.807) is 0 Å². The van der Waals surface area contributed by atoms with Gasteiger partial charge in [-0.2, -0.15) is 0 Å². The van der Waals surface area contributed by atoms with Crippen LogP contribution < -0.4 is 18.9 Å². The Hall–Kier alpha value is -0.183. The third-order valence-corrected chi connectivity index (χ3v) is 1.17. The maximum absolute atomic E-state index is 2.17. The van der Waals surface area contributed by atoms with Crippen LogP contribution in [0.4, 0.5) is 0 Å². The van der Waals surface area contributed by atoms with E-state index in [0.29, 0.717) is 0 Å². The summed E-state index contributed by atoms with van der Waals surface area (Å²) in [6, 6.07) is 8.45. The second-order valence-corrected chi connectivity index (χ2v) is 2.16. The van der Waals surface area contributed by atoms with Crippen LogP contribution >= 0.6 is 0 Å². The Morgan fingerprint density at radius 3 is 1.78 bits per heavy atom. The van der Waals surface area contributed by atoms with Crippen molar-refractivity contribution in [1.29, 1.82) is 0 Å². The van der Waals surface area contributed by atoms with Crippen molar-refractivity contribution in [2.45, 2.75) is 13.8 Å². The number of hydrogen-bond donors (Lipinski definition) is 0. The Bertz CT molecular complexity index is 169. The van der Waals surface area contributed by atoms with Crippen molar-refractivity contribution < 1.29 is 20.3 Å². The topological polar surface area (TPSA) is 0 Å². The summed E-state index contributed by atoms with van der Waals surface area (Å²) in [5.41, 5.74) is 2.68. The van der Waals surface area contributed by atoms with E-state index >= 15 is 0 Å². The van der Waals surface area contributed by atoms with Gasteiger partial charge in [0.25, 0.3) is 0 Å². The Morgan fingerprint density at radius 2 is 1.56 bits per heavy atom. The normalized spacial score (nSPS) is 8.22. The van der Waals surface area contributed by atoms with Gasteiger partial charge in [0.05, 0.1) is 0 Å². The first-order valence-electron chi connectivity index (χ1n) is 2.82. The van der Waals surface area contributed by atoms with E-state index in [9.17, 15) is 0 Å². The van der Waals surface area contributed by atoms with Gasteiger partial charge >= 0.3 is 18.9 Å². The number of benzene rings is 1. The van der Waals surface area contributed by atoms with Gasteiger partial charge in [-0.1, -0.05) is 35.4 Å². The largest absolute Gasteiger partial charge is 1.00 e. The summed E-state index contributed by atoms with van der Waals surface area (Å²) in [5.74, 6) is 0. The van der Waals surface area contributed by atoms with Gasteiger partial charge in [0.15, 0.2) is 0 Å². The average Bonchev–Trinajstić information content (AvgIpc) is 1.64. The first-order chi connectivity index (χ1) is 3.79. The van der Waals surface area contributed by atoms with E-state index < -0.39 is 0 Å². The van der Waals surface area contributed by atoms with Crippen LogP contribution in [-0.2, 0) is 0 Å². The molecule has 0 aliphatic carbocycles. The molecule has 9 heavy (non-hydrogen) atoms. The van der Waals surface area contributed by atoms with Gasteiger partial charge in [-0.15, -0.1) is 0 Å². The molecule has 0 heterocycles. The summed E-state index contributed by atoms with van der Waals surface area (Å²) in [7, 11) is 0. The van der Waals surface area contributed by atoms with E-state index in [1.165, 1.54) is 11.1 Å². The molecule has 0 saturated carbocycles. The molecule has 0 N–H and O–H groups in total. The molecular formula is C8H11Li. The molecule has 0 aliphatic rings. The predicted molar refractivity (Wildman–Crippen MR) is 37.0 cm³/mol. The Morgan fingerprint density at radius 1 is 1.11 bits per heavy atom. The quantitative estimate of drug-likeness (QED) is 0.396. The minimum Gasteiger partial charge on any atom is -1.00 e. The first kappa shape index (κ1) is 8.82. The van der Waals surface area contributed by atoms with E-state index in [4.69, 9.17) is 0 Å². The molecule has 1 aromatic carbocycles. The first-order valence-corrected chi connectivity index (χ1v) is 2.82. The molecule has 0 amide bonds. The van der Waals surface area contributed by atoms with Crippen molar-refractivity contribution in [3.63, 3.8) is 0 Å². The third-order valence-electron chi connectivity index (χ3n) is 1.17. The van der Waals surface area contributed by atoms with E-state index in [1.807, 2.05) is 0 Å². The molecule has 1 aromatic rings. The maximum Gasteiger partial charge on any atom is 1.00 e. The fourth-order valence-electron chi connectivity index (χ4n) is 0.807.